The van der Waals surface area contributed by atoms with Crippen LogP contribution in [0.4, 0.5) is 20.7 Å². The third-order valence-electron chi connectivity index (χ3n) is 7.13. The second kappa shape index (κ2) is 10.7. The molecule has 1 aromatic heterocycles. The van der Waals surface area contributed by atoms with Crippen LogP contribution in [0.25, 0.3) is 0 Å². The van der Waals surface area contributed by atoms with Gasteiger partial charge in [0.05, 0.1) is 36.0 Å². The van der Waals surface area contributed by atoms with Gasteiger partial charge in [-0.25, -0.2) is 14.2 Å². The molecule has 2 unspecified atom stereocenters. The van der Waals surface area contributed by atoms with Gasteiger partial charge in [0.2, 0.25) is 11.1 Å². The predicted molar refractivity (Wildman–Crippen MR) is 131 cm³/mol. The number of benzene rings is 1. The topological polar surface area (TPSA) is 163 Å². The lowest BCUT2D eigenvalue weighted by Crippen LogP contribution is -2.55. The van der Waals surface area contributed by atoms with E-state index in [1.54, 1.807) is 6.07 Å². The van der Waals surface area contributed by atoms with Crippen molar-refractivity contribution in [2.45, 2.75) is 43.6 Å². The molecule has 0 spiro atoms. The van der Waals surface area contributed by atoms with Gasteiger partial charge < -0.3 is 19.6 Å². The lowest BCUT2D eigenvalue weighted by Gasteiger charge is -2.39. The summed E-state index contributed by atoms with van der Waals surface area (Å²) in [5.74, 6) is -1.39. The maximum Gasteiger partial charge on any atom is 0.407 e. The first-order valence-corrected chi connectivity index (χ1v) is 12.2. The SMILES string of the molecule is COC(=O)C1(Cc2nc(Cl)nc(N3CCN(C(=O)O)C(CC#N)C3)c2[N+](=O)[O-])CCCc2ccc(F)cc21. The van der Waals surface area contributed by atoms with Crippen molar-refractivity contribution in [3.8, 4) is 6.07 Å². The minimum absolute atomic E-state index is 0.0193. The van der Waals surface area contributed by atoms with Crippen molar-refractivity contribution in [2.24, 2.45) is 0 Å². The molecule has 2 aliphatic rings. The fraction of sp³-hybridized carbons (Fsp3) is 0.458. The van der Waals surface area contributed by atoms with E-state index < -0.39 is 39.9 Å². The summed E-state index contributed by atoms with van der Waals surface area (Å²) >= 11 is 6.22. The number of halogens is 2. The molecule has 0 radical (unpaired) electrons. The van der Waals surface area contributed by atoms with Crippen LogP contribution in [0.15, 0.2) is 18.2 Å². The Labute approximate surface area is 221 Å². The number of anilines is 1. The van der Waals surface area contributed by atoms with Gasteiger partial charge in [-0.05, 0) is 54.1 Å². The number of hydrogen-bond donors (Lipinski definition) is 1. The Kier molecular flexibility index (Phi) is 7.63. The van der Waals surface area contributed by atoms with E-state index >= 15 is 0 Å². The van der Waals surface area contributed by atoms with E-state index in [0.717, 1.165) is 10.5 Å². The zero-order valence-electron chi connectivity index (χ0n) is 20.4. The number of aromatic nitrogens is 2. The number of fused-ring (bicyclic) bond motifs is 1. The first kappa shape index (κ1) is 27.0. The number of piperazine rings is 1. The van der Waals surface area contributed by atoms with E-state index in [1.807, 2.05) is 6.07 Å². The normalized spacial score (nSPS) is 20.8. The number of carbonyl (C=O) groups excluding carboxylic acids is 1. The van der Waals surface area contributed by atoms with Crippen molar-refractivity contribution in [3.05, 3.63) is 56.2 Å². The number of rotatable bonds is 6. The quantitative estimate of drug-likeness (QED) is 0.246. The van der Waals surface area contributed by atoms with E-state index in [0.29, 0.717) is 18.4 Å². The van der Waals surface area contributed by atoms with Crippen LogP contribution in [0.2, 0.25) is 5.28 Å². The number of amides is 1. The average molecular weight is 547 g/mol. The molecule has 2 heterocycles. The van der Waals surface area contributed by atoms with E-state index in [9.17, 15) is 34.5 Å². The third-order valence-corrected chi connectivity index (χ3v) is 7.30. The molecular weight excluding hydrogens is 523 g/mol. The van der Waals surface area contributed by atoms with Crippen LogP contribution < -0.4 is 4.90 Å². The first-order valence-electron chi connectivity index (χ1n) is 11.8. The van der Waals surface area contributed by atoms with Crippen molar-refractivity contribution in [1.82, 2.24) is 14.9 Å². The number of nitriles is 1. The first-order chi connectivity index (χ1) is 18.1. The molecule has 38 heavy (non-hydrogen) atoms. The molecule has 2 aromatic rings. The summed E-state index contributed by atoms with van der Waals surface area (Å²) in [6.07, 6.45) is -0.232. The van der Waals surface area contributed by atoms with E-state index in [4.69, 9.17) is 16.3 Å². The number of esters is 1. The fourth-order valence-electron chi connectivity index (χ4n) is 5.45. The molecule has 0 bridgehead atoms. The second-order valence-electron chi connectivity index (χ2n) is 9.21. The Morgan fingerprint density at radius 1 is 1.39 bits per heavy atom. The molecule has 2 atom stereocenters. The molecule has 4 rings (SSSR count). The van der Waals surface area contributed by atoms with Gasteiger partial charge in [0, 0.05) is 26.1 Å². The van der Waals surface area contributed by atoms with Crippen molar-refractivity contribution in [3.63, 3.8) is 0 Å². The average Bonchev–Trinajstić information content (AvgIpc) is 2.88. The highest BCUT2D eigenvalue weighted by Crippen LogP contribution is 2.44. The Bertz CT molecular complexity index is 1340. The highest BCUT2D eigenvalue weighted by molar-refractivity contribution is 6.28. The van der Waals surface area contributed by atoms with Gasteiger partial charge in [-0.15, -0.1) is 0 Å². The van der Waals surface area contributed by atoms with E-state index in [2.05, 4.69) is 9.97 Å². The molecule has 200 valence electrons. The van der Waals surface area contributed by atoms with Gasteiger partial charge in [-0.2, -0.15) is 10.2 Å². The van der Waals surface area contributed by atoms with Crippen molar-refractivity contribution < 1.29 is 28.7 Å². The molecule has 1 aliphatic carbocycles. The highest BCUT2D eigenvalue weighted by Gasteiger charge is 2.47. The predicted octanol–water partition coefficient (Wildman–Crippen LogP) is 3.25. The number of ether oxygens (including phenoxy) is 1. The molecule has 1 amide bonds. The molecular formula is C24H24ClFN6O6. The van der Waals surface area contributed by atoms with Crippen LogP contribution in [0, 0.1) is 27.3 Å². The molecule has 1 aromatic carbocycles. The van der Waals surface area contributed by atoms with Crippen LogP contribution in [0.1, 0.15) is 36.1 Å². The summed E-state index contributed by atoms with van der Waals surface area (Å²) in [5.41, 5.74) is -0.971. The fourth-order valence-corrected chi connectivity index (χ4v) is 5.63. The summed E-state index contributed by atoms with van der Waals surface area (Å²) in [7, 11) is 1.20. The van der Waals surface area contributed by atoms with Gasteiger partial charge in [-0.1, -0.05) is 6.07 Å². The summed E-state index contributed by atoms with van der Waals surface area (Å²) in [6, 6.07) is 5.32. The molecule has 14 heteroatoms. The Hall–Kier alpha value is -4.05. The number of nitrogens with zero attached hydrogens (tertiary/aromatic N) is 6. The summed E-state index contributed by atoms with van der Waals surface area (Å²) < 4.78 is 19.4. The van der Waals surface area contributed by atoms with Crippen LogP contribution in [0.5, 0.6) is 0 Å². The minimum Gasteiger partial charge on any atom is -0.468 e. The van der Waals surface area contributed by atoms with Gasteiger partial charge in [0.1, 0.15) is 11.5 Å². The minimum atomic E-state index is -1.45. The highest BCUT2D eigenvalue weighted by atomic mass is 35.5. The van der Waals surface area contributed by atoms with Crippen LogP contribution in [0.3, 0.4) is 0 Å². The number of carboxylic acid groups (broad SMARTS) is 1. The molecule has 1 saturated heterocycles. The maximum atomic E-state index is 14.3. The van der Waals surface area contributed by atoms with Crippen molar-refractivity contribution in [2.75, 3.05) is 31.6 Å². The monoisotopic (exact) mass is 546 g/mol. The number of methoxy groups -OCH3 is 1. The second-order valence-corrected chi connectivity index (χ2v) is 9.55. The number of carbonyl (C=O) groups is 2. The van der Waals surface area contributed by atoms with Crippen LogP contribution in [-0.4, -0.2) is 69.7 Å². The Balaban J connectivity index is 1.83. The zero-order valence-corrected chi connectivity index (χ0v) is 21.1. The van der Waals surface area contributed by atoms with Crippen molar-refractivity contribution in [1.29, 1.82) is 5.26 Å². The van der Waals surface area contributed by atoms with Gasteiger partial charge in [0.15, 0.2) is 0 Å². The Morgan fingerprint density at radius 3 is 2.82 bits per heavy atom. The summed E-state index contributed by atoms with van der Waals surface area (Å²) in [5, 5.41) is 30.7. The smallest absolute Gasteiger partial charge is 0.407 e. The van der Waals surface area contributed by atoms with Crippen LogP contribution >= 0.6 is 11.6 Å². The van der Waals surface area contributed by atoms with Gasteiger partial charge in [-0.3, -0.25) is 14.9 Å². The van der Waals surface area contributed by atoms with Gasteiger partial charge >= 0.3 is 17.7 Å². The largest absolute Gasteiger partial charge is 0.468 e. The lowest BCUT2D eigenvalue weighted by molar-refractivity contribution is -0.385. The Morgan fingerprint density at radius 2 is 2.16 bits per heavy atom. The molecule has 1 fully saturated rings. The molecule has 12 nitrogen and oxygen atoms in total. The lowest BCUT2D eigenvalue weighted by atomic mass is 9.67. The van der Waals surface area contributed by atoms with Crippen LogP contribution in [-0.2, 0) is 27.8 Å². The molecule has 1 aliphatic heterocycles. The third kappa shape index (κ3) is 4.91. The van der Waals surface area contributed by atoms with E-state index in [1.165, 1.54) is 24.1 Å². The molecule has 1 N–H and O–H groups in total. The molecule has 0 saturated carbocycles. The number of hydrogen-bond acceptors (Lipinski definition) is 9. The summed E-state index contributed by atoms with van der Waals surface area (Å²) in [4.78, 5) is 47.4. The summed E-state index contributed by atoms with van der Waals surface area (Å²) in [6.45, 7) is -0.00372. The van der Waals surface area contributed by atoms with E-state index in [-0.39, 0.29) is 55.7 Å². The van der Waals surface area contributed by atoms with Crippen molar-refractivity contribution >= 4 is 35.2 Å². The standard InChI is InChI=1S/C24H24ClFN6O6/c1-38-21(33)24(7-2-3-14-4-5-15(26)11-17(14)24)12-18-19(32(36)37)20(29-22(25)28-18)30-9-10-31(23(34)35)16(13-30)6-8-27/h4-5,11,16H,2-3,6-7,9-10,12-13H2,1H3,(H,34,35). The number of aryl methyl sites for hydroxylation is 1. The maximum absolute atomic E-state index is 14.3. The zero-order chi connectivity index (χ0) is 27.6. The van der Waals surface area contributed by atoms with Gasteiger partial charge in [0.25, 0.3) is 0 Å². The number of nitro groups is 1.